The first-order valence-corrected chi connectivity index (χ1v) is 8.24. The maximum atomic E-state index is 11.6. The van der Waals surface area contributed by atoms with Crippen molar-refractivity contribution in [2.45, 2.75) is 58.9 Å². The van der Waals surface area contributed by atoms with E-state index in [1.807, 2.05) is 0 Å². The van der Waals surface area contributed by atoms with Crippen molar-refractivity contribution < 1.29 is 8.42 Å². The molecule has 0 aromatic carbocycles. The van der Waals surface area contributed by atoms with Crippen molar-refractivity contribution in [3.8, 4) is 0 Å². The van der Waals surface area contributed by atoms with Crippen molar-refractivity contribution in [3.05, 3.63) is 0 Å². The summed E-state index contributed by atoms with van der Waals surface area (Å²) in [5, 5.41) is 3.29. The second kappa shape index (κ2) is 8.99. The summed E-state index contributed by atoms with van der Waals surface area (Å²) in [5.74, 6) is 0.731. The van der Waals surface area contributed by atoms with Gasteiger partial charge in [0.2, 0.25) is 0 Å². The molecule has 0 radical (unpaired) electrons. The van der Waals surface area contributed by atoms with Crippen molar-refractivity contribution in [3.63, 3.8) is 0 Å². The molecule has 0 aliphatic rings. The van der Waals surface area contributed by atoms with Crippen LogP contribution >= 0.6 is 0 Å². The number of nitrogens with one attached hydrogen (secondary N) is 1. The zero-order valence-electron chi connectivity index (χ0n) is 11.0. The highest BCUT2D eigenvalue weighted by atomic mass is 32.2. The Morgan fingerprint density at radius 2 is 1.56 bits per heavy atom. The molecule has 1 N–H and O–H groups in total. The van der Waals surface area contributed by atoms with Gasteiger partial charge in [0.1, 0.15) is 9.84 Å². The van der Waals surface area contributed by atoms with Gasteiger partial charge in [-0.3, -0.25) is 0 Å². The van der Waals surface area contributed by atoms with Gasteiger partial charge in [0, 0.05) is 6.04 Å². The molecular weight excluding hydrogens is 222 g/mol. The average Bonchev–Trinajstić information content (AvgIpc) is 2.16. The summed E-state index contributed by atoms with van der Waals surface area (Å²) in [4.78, 5) is 0. The quantitative estimate of drug-likeness (QED) is 0.605. The maximum Gasteiger partial charge on any atom is 0.150 e. The van der Waals surface area contributed by atoms with E-state index in [1.165, 1.54) is 0 Å². The summed E-state index contributed by atoms with van der Waals surface area (Å²) in [6.07, 6.45) is 4.66. The summed E-state index contributed by atoms with van der Waals surface area (Å²) in [7, 11) is -2.78. The fourth-order valence-electron chi connectivity index (χ4n) is 1.51. The van der Waals surface area contributed by atoms with Crippen LogP contribution < -0.4 is 5.32 Å². The molecule has 0 saturated heterocycles. The van der Waals surface area contributed by atoms with Crippen molar-refractivity contribution >= 4 is 9.84 Å². The van der Waals surface area contributed by atoms with Crippen LogP contribution in [0.3, 0.4) is 0 Å². The largest absolute Gasteiger partial charge is 0.315 e. The molecule has 0 heterocycles. The molecule has 16 heavy (non-hydrogen) atoms. The topological polar surface area (TPSA) is 46.2 Å². The third-order valence-corrected chi connectivity index (χ3v) is 4.31. The lowest BCUT2D eigenvalue weighted by molar-refractivity contribution is 0.558. The second-order valence-electron chi connectivity index (χ2n) is 4.67. The first kappa shape index (κ1) is 15.9. The van der Waals surface area contributed by atoms with E-state index in [1.54, 1.807) is 0 Å². The highest BCUT2D eigenvalue weighted by Crippen LogP contribution is 2.03. The molecule has 0 aliphatic carbocycles. The molecule has 0 amide bonds. The van der Waals surface area contributed by atoms with Gasteiger partial charge in [0.25, 0.3) is 0 Å². The smallest absolute Gasteiger partial charge is 0.150 e. The van der Waals surface area contributed by atoms with Gasteiger partial charge in [-0.15, -0.1) is 0 Å². The summed E-state index contributed by atoms with van der Waals surface area (Å²) >= 11 is 0. The molecule has 0 aliphatic heterocycles. The maximum absolute atomic E-state index is 11.6. The molecular formula is C12H27NO2S. The number of rotatable bonds is 10. The third kappa shape index (κ3) is 10.4. The van der Waals surface area contributed by atoms with Gasteiger partial charge in [-0.1, -0.05) is 33.6 Å². The Balaban J connectivity index is 3.51. The molecule has 0 aromatic rings. The number of sulfone groups is 1. The number of hydrogen-bond acceptors (Lipinski definition) is 3. The van der Waals surface area contributed by atoms with Gasteiger partial charge in [0.05, 0.1) is 11.5 Å². The van der Waals surface area contributed by atoms with E-state index >= 15 is 0 Å². The van der Waals surface area contributed by atoms with Crippen molar-refractivity contribution in [2.24, 2.45) is 0 Å². The zero-order valence-corrected chi connectivity index (χ0v) is 11.8. The van der Waals surface area contributed by atoms with Crippen LogP contribution in [0.2, 0.25) is 0 Å². The van der Waals surface area contributed by atoms with Crippen LogP contribution in [0.4, 0.5) is 0 Å². The van der Waals surface area contributed by atoms with Crippen LogP contribution in [0.5, 0.6) is 0 Å². The van der Waals surface area contributed by atoms with Crippen LogP contribution in [0.1, 0.15) is 52.9 Å². The summed E-state index contributed by atoms with van der Waals surface area (Å²) in [6, 6.07) is 0.487. The molecule has 3 nitrogen and oxygen atoms in total. The first-order chi connectivity index (χ1) is 7.48. The summed E-state index contributed by atoms with van der Waals surface area (Å²) in [5.41, 5.74) is 0. The van der Waals surface area contributed by atoms with E-state index in [9.17, 15) is 8.42 Å². The molecule has 0 saturated carbocycles. The van der Waals surface area contributed by atoms with Gasteiger partial charge in [0.15, 0.2) is 0 Å². The van der Waals surface area contributed by atoms with Gasteiger partial charge < -0.3 is 5.32 Å². The monoisotopic (exact) mass is 249 g/mol. The van der Waals surface area contributed by atoms with Crippen LogP contribution in [0.25, 0.3) is 0 Å². The zero-order chi connectivity index (χ0) is 12.4. The Bertz CT molecular complexity index is 248. The van der Waals surface area contributed by atoms with E-state index in [4.69, 9.17) is 0 Å². The average molecular weight is 249 g/mol. The minimum absolute atomic E-state index is 0.358. The Labute approximate surface area is 101 Å². The Kier molecular flexibility index (Phi) is 8.94. The second-order valence-corrected chi connectivity index (χ2v) is 6.98. The molecule has 0 rings (SSSR count). The normalized spacial score (nSPS) is 12.2. The van der Waals surface area contributed by atoms with E-state index in [-0.39, 0.29) is 0 Å². The van der Waals surface area contributed by atoms with Crippen LogP contribution in [-0.2, 0) is 9.84 Å². The predicted octanol–water partition coefficient (Wildman–Crippen LogP) is 2.37. The predicted molar refractivity (Wildman–Crippen MR) is 70.6 cm³/mol. The molecule has 0 atom stereocenters. The molecule has 4 heteroatoms. The van der Waals surface area contributed by atoms with Crippen molar-refractivity contribution in [2.75, 3.05) is 18.1 Å². The standard InChI is InChI=1S/C12H27NO2S/c1-4-5-7-10-16(14,15)11-8-6-9-13-12(2)3/h12-13H,4-11H2,1-3H3. The number of unbranched alkanes of at least 4 members (excludes halogenated alkanes) is 3. The van der Waals surface area contributed by atoms with Crippen molar-refractivity contribution in [1.82, 2.24) is 5.32 Å². The molecule has 0 spiro atoms. The molecule has 0 aromatic heterocycles. The van der Waals surface area contributed by atoms with E-state index in [0.717, 1.165) is 38.6 Å². The molecule has 0 bridgehead atoms. The fourth-order valence-corrected chi connectivity index (χ4v) is 3.00. The lowest BCUT2D eigenvalue weighted by atomic mass is 10.3. The Hall–Kier alpha value is -0.0900. The lowest BCUT2D eigenvalue weighted by Gasteiger charge is -2.07. The fraction of sp³-hybridized carbons (Fsp3) is 1.00. The number of hydrogen-bond donors (Lipinski definition) is 1. The van der Waals surface area contributed by atoms with Crippen molar-refractivity contribution in [1.29, 1.82) is 0 Å². The van der Waals surface area contributed by atoms with E-state index in [0.29, 0.717) is 17.5 Å². The van der Waals surface area contributed by atoms with E-state index in [2.05, 4.69) is 26.1 Å². The summed E-state index contributed by atoms with van der Waals surface area (Å²) in [6.45, 7) is 7.20. The van der Waals surface area contributed by atoms with Gasteiger partial charge in [-0.25, -0.2) is 8.42 Å². The highest BCUT2D eigenvalue weighted by Gasteiger charge is 2.09. The summed E-state index contributed by atoms with van der Waals surface area (Å²) < 4.78 is 23.2. The van der Waals surface area contributed by atoms with Crippen LogP contribution in [0.15, 0.2) is 0 Å². The Morgan fingerprint density at radius 3 is 2.06 bits per heavy atom. The molecule has 0 fully saturated rings. The lowest BCUT2D eigenvalue weighted by Crippen LogP contribution is -2.24. The van der Waals surface area contributed by atoms with E-state index < -0.39 is 9.84 Å². The molecule has 0 unspecified atom stereocenters. The minimum Gasteiger partial charge on any atom is -0.315 e. The SMILES string of the molecule is CCCCCS(=O)(=O)CCCCNC(C)C. The van der Waals surface area contributed by atoms with Gasteiger partial charge in [-0.2, -0.15) is 0 Å². The van der Waals surface area contributed by atoms with Crippen LogP contribution in [0, 0.1) is 0 Å². The Morgan fingerprint density at radius 1 is 1.00 bits per heavy atom. The highest BCUT2D eigenvalue weighted by molar-refractivity contribution is 7.91. The van der Waals surface area contributed by atoms with Gasteiger partial charge in [-0.05, 0) is 25.8 Å². The van der Waals surface area contributed by atoms with Gasteiger partial charge >= 0.3 is 0 Å². The first-order valence-electron chi connectivity index (χ1n) is 6.41. The third-order valence-electron chi connectivity index (χ3n) is 2.49. The molecule has 98 valence electrons. The minimum atomic E-state index is -2.78. The van der Waals surface area contributed by atoms with Crippen LogP contribution in [-0.4, -0.2) is 32.5 Å².